The number of nitrogens with zero attached hydrogens (tertiary/aromatic N) is 2. The van der Waals surface area contributed by atoms with Crippen molar-refractivity contribution >= 4 is 34.9 Å². The number of non-ortho nitro benzene ring substituents is 1. The van der Waals surface area contributed by atoms with Gasteiger partial charge in [-0.3, -0.25) is 10.1 Å². The molecule has 2 aromatic carbocycles. The average Bonchev–Trinajstić information content (AvgIpc) is 2.47. The van der Waals surface area contributed by atoms with E-state index in [4.69, 9.17) is 11.6 Å². The van der Waals surface area contributed by atoms with Crippen LogP contribution in [0.25, 0.3) is 0 Å². The van der Waals surface area contributed by atoms with Gasteiger partial charge in [0, 0.05) is 29.1 Å². The zero-order chi connectivity index (χ0) is 15.2. The van der Waals surface area contributed by atoms with Crippen molar-refractivity contribution < 1.29 is 9.76 Å². The van der Waals surface area contributed by atoms with Crippen molar-refractivity contribution in [3.63, 3.8) is 0 Å². The van der Waals surface area contributed by atoms with E-state index in [0.717, 1.165) is 5.69 Å². The van der Waals surface area contributed by atoms with E-state index >= 15 is 0 Å². The van der Waals surface area contributed by atoms with Gasteiger partial charge in [-0.25, -0.2) is 0 Å². The van der Waals surface area contributed by atoms with E-state index in [1.807, 2.05) is 6.07 Å². The summed E-state index contributed by atoms with van der Waals surface area (Å²) >= 11 is 6.12. The number of nitrogens with one attached hydrogen (secondary N) is 1. The Bertz CT molecular complexity index is 672. The number of hydrogen-bond acceptors (Lipinski definition) is 5. The van der Waals surface area contributed by atoms with Crippen LogP contribution in [0.1, 0.15) is 5.56 Å². The van der Waals surface area contributed by atoms with Crippen LogP contribution in [0, 0.1) is 10.1 Å². The minimum absolute atomic E-state index is 0.0350. The maximum Gasteiger partial charge on any atom is 0.269 e. The maximum atomic E-state index is 10.6. The van der Waals surface area contributed by atoms with Crippen LogP contribution < -0.4 is 5.32 Å². The summed E-state index contributed by atoms with van der Waals surface area (Å²) in [6, 6.07) is 11.4. The SMILES string of the molecule is CON=Cc1c(Cl)cccc1Nc1ccc([N+](=O)[O-])cc1. The van der Waals surface area contributed by atoms with Gasteiger partial charge in [-0.1, -0.05) is 22.8 Å². The van der Waals surface area contributed by atoms with E-state index in [1.165, 1.54) is 25.5 Å². The molecule has 0 spiro atoms. The lowest BCUT2D eigenvalue weighted by Crippen LogP contribution is -1.97. The predicted molar refractivity (Wildman–Crippen MR) is 82.4 cm³/mol. The summed E-state index contributed by atoms with van der Waals surface area (Å²) in [6.45, 7) is 0. The molecule has 0 saturated carbocycles. The Morgan fingerprint density at radius 2 is 2.00 bits per heavy atom. The third-order valence-electron chi connectivity index (χ3n) is 2.70. The van der Waals surface area contributed by atoms with Crippen molar-refractivity contribution in [1.29, 1.82) is 0 Å². The van der Waals surface area contributed by atoms with E-state index in [1.54, 1.807) is 24.3 Å². The van der Waals surface area contributed by atoms with Crippen molar-refractivity contribution in [2.75, 3.05) is 12.4 Å². The lowest BCUT2D eigenvalue weighted by Gasteiger charge is -2.10. The Morgan fingerprint density at radius 3 is 2.62 bits per heavy atom. The second kappa shape index (κ2) is 6.71. The predicted octanol–water partition coefficient (Wildman–Crippen LogP) is 3.97. The highest BCUT2D eigenvalue weighted by molar-refractivity contribution is 6.33. The molecule has 0 unspecified atom stereocenters. The molecule has 0 amide bonds. The molecule has 2 rings (SSSR count). The number of benzene rings is 2. The van der Waals surface area contributed by atoms with E-state index in [-0.39, 0.29) is 5.69 Å². The largest absolute Gasteiger partial charge is 0.399 e. The first-order valence-corrected chi connectivity index (χ1v) is 6.36. The molecule has 0 saturated heterocycles. The minimum atomic E-state index is -0.445. The van der Waals surface area contributed by atoms with Crippen molar-refractivity contribution in [1.82, 2.24) is 0 Å². The van der Waals surface area contributed by atoms with Gasteiger partial charge in [0.1, 0.15) is 7.11 Å². The van der Waals surface area contributed by atoms with Gasteiger partial charge in [-0.05, 0) is 24.3 Å². The molecule has 0 heterocycles. The Kier molecular flexibility index (Phi) is 4.73. The van der Waals surface area contributed by atoms with Crippen LogP contribution in [-0.2, 0) is 4.84 Å². The zero-order valence-electron chi connectivity index (χ0n) is 11.1. The molecule has 0 aliphatic carbocycles. The third-order valence-corrected chi connectivity index (χ3v) is 3.03. The molecular formula is C14H12ClN3O3. The monoisotopic (exact) mass is 305 g/mol. The molecule has 0 atom stereocenters. The van der Waals surface area contributed by atoms with Crippen molar-refractivity contribution in [3.8, 4) is 0 Å². The van der Waals surface area contributed by atoms with E-state index in [9.17, 15) is 10.1 Å². The average molecular weight is 306 g/mol. The van der Waals surface area contributed by atoms with Gasteiger partial charge in [-0.15, -0.1) is 0 Å². The number of nitro groups is 1. The van der Waals surface area contributed by atoms with E-state index < -0.39 is 4.92 Å². The van der Waals surface area contributed by atoms with Crippen molar-refractivity contribution in [2.24, 2.45) is 5.16 Å². The fourth-order valence-electron chi connectivity index (χ4n) is 1.70. The smallest absolute Gasteiger partial charge is 0.269 e. The fraction of sp³-hybridized carbons (Fsp3) is 0.0714. The molecule has 0 bridgehead atoms. The van der Waals surface area contributed by atoms with Gasteiger partial charge < -0.3 is 10.2 Å². The molecule has 108 valence electrons. The summed E-state index contributed by atoms with van der Waals surface area (Å²) in [4.78, 5) is 14.8. The van der Waals surface area contributed by atoms with Crippen LogP contribution in [0.3, 0.4) is 0 Å². The molecule has 0 aliphatic rings. The van der Waals surface area contributed by atoms with Crippen molar-refractivity contribution in [3.05, 3.63) is 63.2 Å². The first-order chi connectivity index (χ1) is 10.1. The Morgan fingerprint density at radius 1 is 1.29 bits per heavy atom. The topological polar surface area (TPSA) is 76.8 Å². The zero-order valence-corrected chi connectivity index (χ0v) is 11.9. The van der Waals surface area contributed by atoms with Gasteiger partial charge in [-0.2, -0.15) is 0 Å². The standard InChI is InChI=1S/C14H12ClN3O3/c1-21-16-9-12-13(15)3-2-4-14(12)17-10-5-7-11(8-6-10)18(19)20/h2-9,17H,1H3. The summed E-state index contributed by atoms with van der Waals surface area (Å²) in [6.07, 6.45) is 1.50. The molecule has 21 heavy (non-hydrogen) atoms. The minimum Gasteiger partial charge on any atom is -0.399 e. The summed E-state index contributed by atoms with van der Waals surface area (Å²) in [5, 5.41) is 18.0. The summed E-state index contributed by atoms with van der Waals surface area (Å²) in [7, 11) is 1.44. The molecule has 2 aromatic rings. The molecule has 1 N–H and O–H groups in total. The van der Waals surface area contributed by atoms with Crippen LogP contribution in [0.5, 0.6) is 0 Å². The van der Waals surface area contributed by atoms with E-state index in [0.29, 0.717) is 16.3 Å². The Labute approximate surface area is 126 Å². The van der Waals surface area contributed by atoms with Crippen molar-refractivity contribution in [2.45, 2.75) is 0 Å². The molecule has 0 aromatic heterocycles. The normalized spacial score (nSPS) is 10.6. The highest BCUT2D eigenvalue weighted by Gasteiger charge is 2.07. The van der Waals surface area contributed by atoms with Crippen LogP contribution in [0.4, 0.5) is 17.1 Å². The van der Waals surface area contributed by atoms with Gasteiger partial charge >= 0.3 is 0 Å². The van der Waals surface area contributed by atoms with Gasteiger partial charge in [0.25, 0.3) is 5.69 Å². The number of hydrogen-bond donors (Lipinski definition) is 1. The number of rotatable bonds is 5. The molecule has 0 radical (unpaired) electrons. The summed E-state index contributed by atoms with van der Waals surface area (Å²) in [5.74, 6) is 0. The number of oxime groups is 1. The highest BCUT2D eigenvalue weighted by atomic mass is 35.5. The van der Waals surface area contributed by atoms with Crippen LogP contribution in [0.2, 0.25) is 5.02 Å². The van der Waals surface area contributed by atoms with Crippen LogP contribution in [-0.4, -0.2) is 18.2 Å². The fourth-order valence-corrected chi connectivity index (χ4v) is 1.93. The second-order valence-electron chi connectivity index (χ2n) is 4.05. The molecule has 7 heteroatoms. The highest BCUT2D eigenvalue weighted by Crippen LogP contribution is 2.26. The molecule has 6 nitrogen and oxygen atoms in total. The summed E-state index contributed by atoms with van der Waals surface area (Å²) in [5.41, 5.74) is 2.12. The second-order valence-corrected chi connectivity index (χ2v) is 4.45. The molecule has 0 fully saturated rings. The first-order valence-electron chi connectivity index (χ1n) is 5.98. The summed E-state index contributed by atoms with van der Waals surface area (Å²) < 4.78 is 0. The van der Waals surface area contributed by atoms with Gasteiger partial charge in [0.15, 0.2) is 0 Å². The Hall–Kier alpha value is -2.60. The number of halogens is 1. The number of anilines is 2. The lowest BCUT2D eigenvalue weighted by molar-refractivity contribution is -0.384. The maximum absolute atomic E-state index is 10.6. The van der Waals surface area contributed by atoms with Gasteiger partial charge in [0.05, 0.1) is 16.2 Å². The van der Waals surface area contributed by atoms with E-state index in [2.05, 4.69) is 15.3 Å². The first kappa shape index (κ1) is 14.8. The molecular weight excluding hydrogens is 294 g/mol. The molecule has 0 aliphatic heterocycles. The van der Waals surface area contributed by atoms with Gasteiger partial charge in [0.2, 0.25) is 0 Å². The quantitative estimate of drug-likeness (QED) is 0.515. The third kappa shape index (κ3) is 3.70. The van der Waals surface area contributed by atoms with Crippen LogP contribution in [0.15, 0.2) is 47.6 Å². The number of nitro benzene ring substituents is 1. The lowest BCUT2D eigenvalue weighted by atomic mass is 10.2. The Balaban J connectivity index is 2.28. The van der Waals surface area contributed by atoms with Crippen LogP contribution >= 0.6 is 11.6 Å².